The Bertz CT molecular complexity index is 1070. The van der Waals surface area contributed by atoms with Crippen LogP contribution in [0.3, 0.4) is 0 Å². The van der Waals surface area contributed by atoms with Crippen LogP contribution in [0.4, 0.5) is 4.39 Å². The average molecular weight is 404 g/mol. The maximum absolute atomic E-state index is 13.2. The number of likely N-dealkylation sites (tertiary alicyclic amines) is 1. The first kappa shape index (κ1) is 21.4. The van der Waals surface area contributed by atoms with E-state index < -0.39 is 0 Å². The number of benzene rings is 2. The van der Waals surface area contributed by atoms with E-state index in [-0.39, 0.29) is 23.6 Å². The summed E-state index contributed by atoms with van der Waals surface area (Å²) in [6.45, 7) is 9.51. The van der Waals surface area contributed by atoms with Gasteiger partial charge in [-0.3, -0.25) is 9.69 Å². The molecule has 0 aliphatic carbocycles. The number of nitriles is 1. The van der Waals surface area contributed by atoms with E-state index in [1.807, 2.05) is 31.2 Å². The minimum atomic E-state index is -0.342. The van der Waals surface area contributed by atoms with Gasteiger partial charge in [0, 0.05) is 23.4 Å². The van der Waals surface area contributed by atoms with Crippen LogP contribution < -0.4 is 0 Å². The Balaban J connectivity index is 0.00000124. The summed E-state index contributed by atoms with van der Waals surface area (Å²) in [6, 6.07) is 13.3. The Kier molecular flexibility index (Phi) is 6.76. The van der Waals surface area contributed by atoms with Crippen molar-refractivity contribution in [2.24, 2.45) is 0 Å². The maximum Gasteiger partial charge on any atom is 0.206 e. The van der Waals surface area contributed by atoms with Gasteiger partial charge in [0.25, 0.3) is 0 Å². The highest BCUT2D eigenvalue weighted by Gasteiger charge is 2.34. The van der Waals surface area contributed by atoms with Crippen LogP contribution in [0.15, 0.2) is 61.7 Å². The third kappa shape index (κ3) is 4.03. The van der Waals surface area contributed by atoms with Crippen LogP contribution in [0.2, 0.25) is 0 Å². The largest absolute Gasteiger partial charge is 0.293 e. The first-order valence-corrected chi connectivity index (χ1v) is 10.0. The number of para-hydroxylation sites is 1. The number of aromatic nitrogens is 2. The Hall–Kier alpha value is -3.30. The van der Waals surface area contributed by atoms with Crippen LogP contribution >= 0.6 is 0 Å². The molecule has 0 saturated carbocycles. The van der Waals surface area contributed by atoms with E-state index >= 15 is 0 Å². The molecule has 154 valence electrons. The zero-order chi connectivity index (χ0) is 21.7. The summed E-state index contributed by atoms with van der Waals surface area (Å²) in [6.07, 6.45) is 3.69. The van der Waals surface area contributed by atoms with Crippen LogP contribution in [-0.2, 0) is 0 Å². The molecular weight excluding hydrogens is 379 g/mol. The van der Waals surface area contributed by atoms with Gasteiger partial charge in [0.15, 0.2) is 5.78 Å². The van der Waals surface area contributed by atoms with Crippen molar-refractivity contribution >= 4 is 16.7 Å². The number of ketones is 1. The van der Waals surface area contributed by atoms with Crippen LogP contribution in [-0.4, -0.2) is 39.6 Å². The van der Waals surface area contributed by atoms with Gasteiger partial charge >= 0.3 is 0 Å². The molecule has 0 radical (unpaired) electrons. The number of carbonyl (C=O) groups excluding carboxylic acids is 1. The summed E-state index contributed by atoms with van der Waals surface area (Å²) in [5.74, 6) is -0.143. The van der Waals surface area contributed by atoms with Gasteiger partial charge in [0.2, 0.25) is 6.19 Å². The lowest BCUT2D eigenvalue weighted by Gasteiger charge is -2.25. The third-order valence-electron chi connectivity index (χ3n) is 5.58. The maximum atomic E-state index is 13.2. The molecule has 3 aromatic rings. The van der Waals surface area contributed by atoms with Gasteiger partial charge in [-0.05, 0) is 49.7 Å². The van der Waals surface area contributed by atoms with E-state index in [1.165, 1.54) is 16.8 Å². The van der Waals surface area contributed by atoms with E-state index in [2.05, 4.69) is 29.3 Å². The second-order valence-electron chi connectivity index (χ2n) is 7.19. The van der Waals surface area contributed by atoms with Crippen LogP contribution in [0, 0.1) is 17.3 Å². The first-order valence-electron chi connectivity index (χ1n) is 10.0. The fourth-order valence-electron chi connectivity index (χ4n) is 4.18. The Morgan fingerprint density at radius 2 is 1.97 bits per heavy atom. The monoisotopic (exact) mass is 404 g/mol. The van der Waals surface area contributed by atoms with Gasteiger partial charge in [0.05, 0.1) is 17.3 Å². The van der Waals surface area contributed by atoms with E-state index in [4.69, 9.17) is 0 Å². The lowest BCUT2D eigenvalue weighted by atomic mass is 10.00. The van der Waals surface area contributed by atoms with Gasteiger partial charge in [-0.25, -0.2) is 4.39 Å². The number of nitrogens with zero attached hydrogens (tertiary/aromatic N) is 4. The highest BCUT2D eigenvalue weighted by atomic mass is 19.1. The van der Waals surface area contributed by atoms with Gasteiger partial charge in [-0.2, -0.15) is 15.0 Å². The van der Waals surface area contributed by atoms with Gasteiger partial charge in [-0.15, -0.1) is 13.2 Å². The molecule has 2 atom stereocenters. The molecule has 2 heterocycles. The summed E-state index contributed by atoms with van der Waals surface area (Å²) in [4.78, 5) is 15.1. The molecule has 6 heteroatoms. The highest BCUT2D eigenvalue weighted by molar-refractivity contribution is 6.00. The normalized spacial score (nSPS) is 17.2. The predicted molar refractivity (Wildman–Crippen MR) is 116 cm³/mol. The molecule has 1 aromatic heterocycles. The van der Waals surface area contributed by atoms with Crippen molar-refractivity contribution in [2.45, 2.75) is 31.7 Å². The molecule has 30 heavy (non-hydrogen) atoms. The summed E-state index contributed by atoms with van der Waals surface area (Å²) in [7, 11) is 0. The second kappa shape index (κ2) is 9.47. The Morgan fingerprint density at radius 3 is 2.63 bits per heavy atom. The Morgan fingerprint density at radius 1 is 1.27 bits per heavy atom. The Labute approximate surface area is 176 Å². The molecule has 4 rings (SSSR count). The lowest BCUT2D eigenvalue weighted by Crippen LogP contribution is -2.39. The number of fused-ring (bicyclic) bond motifs is 1. The fraction of sp³-hybridized carbons (Fsp3) is 0.292. The quantitative estimate of drug-likeness (QED) is 0.454. The van der Waals surface area contributed by atoms with Crippen molar-refractivity contribution in [1.29, 1.82) is 5.26 Å². The fourth-order valence-corrected chi connectivity index (χ4v) is 4.18. The number of Topliss-reactive ketones (excluding diaryl/α,β-unsaturated/α-hetero) is 1. The molecule has 0 spiro atoms. The van der Waals surface area contributed by atoms with Gasteiger partial charge < -0.3 is 0 Å². The molecule has 5 nitrogen and oxygen atoms in total. The van der Waals surface area contributed by atoms with Crippen molar-refractivity contribution in [3.63, 3.8) is 0 Å². The van der Waals surface area contributed by atoms with Crippen molar-refractivity contribution in [1.82, 2.24) is 14.7 Å². The van der Waals surface area contributed by atoms with E-state index in [0.29, 0.717) is 12.0 Å². The summed E-state index contributed by atoms with van der Waals surface area (Å²) in [5, 5.41) is 14.9. The molecule has 2 unspecified atom stereocenters. The minimum absolute atomic E-state index is 0.0237. The minimum Gasteiger partial charge on any atom is -0.293 e. The van der Waals surface area contributed by atoms with Crippen molar-refractivity contribution < 1.29 is 9.18 Å². The van der Waals surface area contributed by atoms with Crippen molar-refractivity contribution in [3.8, 4) is 6.19 Å². The number of carbonyl (C=O) groups is 1. The van der Waals surface area contributed by atoms with Crippen LogP contribution in [0.25, 0.3) is 10.9 Å². The summed E-state index contributed by atoms with van der Waals surface area (Å²) in [5.41, 5.74) is 2.27. The molecule has 0 bridgehead atoms. The third-order valence-corrected chi connectivity index (χ3v) is 5.58. The van der Waals surface area contributed by atoms with Gasteiger partial charge in [-0.1, -0.05) is 25.1 Å². The average Bonchev–Trinajstić information content (AvgIpc) is 3.41. The SMILES string of the molecule is C=C.CCC(C(=O)c1ccc(F)cc1)N1CCC(c2nn(C#N)c3ccccc23)C1. The first-order chi connectivity index (χ1) is 14.6. The standard InChI is InChI=1S/C22H21FN4O.C2H4/c1-2-19(22(28)15-7-9-17(23)10-8-15)26-12-11-16(13-26)21-18-5-3-4-6-20(18)27(14-24)25-21;1-2/h3-10,16,19H,2,11-13H2,1H3;1-2H2. The van der Waals surface area contributed by atoms with E-state index in [1.54, 1.807) is 12.1 Å². The summed E-state index contributed by atoms with van der Waals surface area (Å²) < 4.78 is 14.5. The van der Waals surface area contributed by atoms with Crippen LogP contribution in [0.5, 0.6) is 0 Å². The number of halogens is 1. The van der Waals surface area contributed by atoms with Crippen molar-refractivity contribution in [3.05, 3.63) is 78.8 Å². The molecule has 1 aliphatic heterocycles. The number of hydrogen-bond donors (Lipinski definition) is 0. The van der Waals surface area contributed by atoms with Crippen LogP contribution in [0.1, 0.15) is 41.7 Å². The highest BCUT2D eigenvalue weighted by Crippen LogP contribution is 2.33. The van der Waals surface area contributed by atoms with Gasteiger partial charge in [0.1, 0.15) is 5.82 Å². The number of rotatable bonds is 5. The molecule has 1 saturated heterocycles. The number of hydrogen-bond acceptors (Lipinski definition) is 4. The molecule has 0 N–H and O–H groups in total. The zero-order valence-electron chi connectivity index (χ0n) is 17.1. The smallest absolute Gasteiger partial charge is 0.206 e. The molecular formula is C24H25FN4O. The predicted octanol–water partition coefficient (Wildman–Crippen LogP) is 4.76. The second-order valence-corrected chi connectivity index (χ2v) is 7.19. The van der Waals surface area contributed by atoms with E-state index in [0.717, 1.165) is 36.1 Å². The lowest BCUT2D eigenvalue weighted by molar-refractivity contribution is 0.0842. The molecule has 1 aliphatic rings. The molecule has 0 amide bonds. The van der Waals surface area contributed by atoms with Crippen molar-refractivity contribution in [2.75, 3.05) is 13.1 Å². The molecule has 1 fully saturated rings. The topological polar surface area (TPSA) is 61.9 Å². The zero-order valence-corrected chi connectivity index (χ0v) is 17.1. The van der Waals surface area contributed by atoms with E-state index in [9.17, 15) is 14.4 Å². The summed E-state index contributed by atoms with van der Waals surface area (Å²) >= 11 is 0. The molecule has 2 aromatic carbocycles.